The quantitative estimate of drug-likeness (QED) is 0.0641. The maximum absolute atomic E-state index is 12.6. The maximum atomic E-state index is 12.6. The minimum atomic E-state index is -0.486. The third-order valence-corrected chi connectivity index (χ3v) is 6.47. The van der Waals surface area contributed by atoms with Gasteiger partial charge in [-0.15, -0.1) is 0 Å². The molecule has 0 unspecified atom stereocenters. The molecule has 0 saturated carbocycles. The summed E-state index contributed by atoms with van der Waals surface area (Å²) >= 11 is 3.43. The lowest BCUT2D eigenvalue weighted by Crippen LogP contribution is -2.17. The molecule has 0 atom stereocenters. The Morgan fingerprint density at radius 2 is 1.49 bits per heavy atom. The van der Waals surface area contributed by atoms with E-state index in [0.29, 0.717) is 35.7 Å². The molecular weight excluding hydrogens is 532 g/mol. The van der Waals surface area contributed by atoms with Gasteiger partial charge in [0.15, 0.2) is 0 Å². The summed E-state index contributed by atoms with van der Waals surface area (Å²) in [6, 6.07) is 12.0. The first-order valence-corrected chi connectivity index (χ1v) is 14.4. The van der Waals surface area contributed by atoms with Crippen molar-refractivity contribution in [3.8, 4) is 11.5 Å². The molecule has 0 saturated heterocycles. The van der Waals surface area contributed by atoms with E-state index in [9.17, 15) is 9.59 Å². The fourth-order valence-corrected chi connectivity index (χ4v) is 4.28. The van der Waals surface area contributed by atoms with Crippen molar-refractivity contribution in [2.75, 3.05) is 6.61 Å². The van der Waals surface area contributed by atoms with Crippen molar-refractivity contribution in [1.29, 1.82) is 0 Å². The predicted octanol–water partition coefficient (Wildman–Crippen LogP) is 8.22. The van der Waals surface area contributed by atoms with E-state index < -0.39 is 5.97 Å². The van der Waals surface area contributed by atoms with Crippen molar-refractivity contribution in [3.63, 3.8) is 0 Å². The van der Waals surface area contributed by atoms with E-state index in [2.05, 4.69) is 33.4 Å². The molecule has 0 heterocycles. The highest BCUT2D eigenvalue weighted by Gasteiger charge is 2.12. The van der Waals surface area contributed by atoms with E-state index in [4.69, 9.17) is 9.47 Å². The van der Waals surface area contributed by atoms with E-state index in [1.165, 1.54) is 64.0 Å². The minimum Gasteiger partial charge on any atom is -0.494 e. The van der Waals surface area contributed by atoms with E-state index in [1.807, 2.05) is 6.92 Å². The second kappa shape index (κ2) is 18.6. The van der Waals surface area contributed by atoms with E-state index in [-0.39, 0.29) is 5.91 Å². The Morgan fingerprint density at radius 1 is 0.865 bits per heavy atom. The molecule has 1 N–H and O–H groups in total. The molecule has 1 amide bonds. The minimum absolute atomic E-state index is 0.116. The zero-order chi connectivity index (χ0) is 26.7. The Hall–Kier alpha value is -2.67. The average Bonchev–Trinajstić information content (AvgIpc) is 2.89. The van der Waals surface area contributed by atoms with Crippen LogP contribution >= 0.6 is 15.9 Å². The SMILES string of the molecule is CCCCCCCCCCCCCC(=O)N/N=C\c1cc(Br)ccc1OC(=O)c1ccc(OCC)cc1. The van der Waals surface area contributed by atoms with Crippen LogP contribution in [0.3, 0.4) is 0 Å². The van der Waals surface area contributed by atoms with E-state index in [1.54, 1.807) is 42.5 Å². The lowest BCUT2D eigenvalue weighted by Gasteiger charge is -2.09. The second-order valence-corrected chi connectivity index (χ2v) is 10.0. The van der Waals surface area contributed by atoms with Crippen LogP contribution in [0.5, 0.6) is 11.5 Å². The predicted molar refractivity (Wildman–Crippen MR) is 154 cm³/mol. The number of rotatable bonds is 18. The van der Waals surface area contributed by atoms with Crippen molar-refractivity contribution in [2.45, 2.75) is 90.9 Å². The highest BCUT2D eigenvalue weighted by molar-refractivity contribution is 9.10. The fourth-order valence-electron chi connectivity index (χ4n) is 3.91. The topological polar surface area (TPSA) is 77.0 Å². The second-order valence-electron chi connectivity index (χ2n) is 9.11. The number of hydrazone groups is 1. The first-order valence-electron chi connectivity index (χ1n) is 13.6. The van der Waals surface area contributed by atoms with Gasteiger partial charge in [-0.05, 0) is 55.8 Å². The fraction of sp³-hybridized carbons (Fsp3) is 0.500. The van der Waals surface area contributed by atoms with Crippen LogP contribution in [0.2, 0.25) is 0 Å². The number of nitrogens with zero attached hydrogens (tertiary/aromatic N) is 1. The van der Waals surface area contributed by atoms with Crippen LogP contribution in [0, 0.1) is 0 Å². The van der Waals surface area contributed by atoms with E-state index in [0.717, 1.165) is 17.3 Å². The van der Waals surface area contributed by atoms with Gasteiger partial charge in [0.1, 0.15) is 11.5 Å². The molecule has 0 aliphatic heterocycles. The van der Waals surface area contributed by atoms with Gasteiger partial charge >= 0.3 is 5.97 Å². The Morgan fingerprint density at radius 3 is 2.11 bits per heavy atom. The smallest absolute Gasteiger partial charge is 0.343 e. The molecule has 0 aliphatic carbocycles. The Labute approximate surface area is 230 Å². The van der Waals surface area contributed by atoms with Gasteiger partial charge in [-0.1, -0.05) is 87.1 Å². The van der Waals surface area contributed by atoms with Crippen molar-refractivity contribution < 1.29 is 19.1 Å². The van der Waals surface area contributed by atoms with Crippen LogP contribution in [-0.2, 0) is 4.79 Å². The lowest BCUT2D eigenvalue weighted by atomic mass is 10.1. The molecule has 37 heavy (non-hydrogen) atoms. The molecule has 7 heteroatoms. The summed E-state index contributed by atoms with van der Waals surface area (Å²) in [5, 5.41) is 4.07. The number of carbonyl (C=O) groups is 2. The Bertz CT molecular complexity index is 976. The Kier molecular flexibility index (Phi) is 15.3. The highest BCUT2D eigenvalue weighted by Crippen LogP contribution is 2.23. The molecule has 0 aromatic heterocycles. The molecule has 0 radical (unpaired) electrons. The molecule has 0 fully saturated rings. The van der Waals surface area contributed by atoms with Crippen LogP contribution in [-0.4, -0.2) is 24.7 Å². The molecular formula is C30H41BrN2O4. The monoisotopic (exact) mass is 572 g/mol. The van der Waals surface area contributed by atoms with Crippen molar-refractivity contribution in [1.82, 2.24) is 5.43 Å². The van der Waals surface area contributed by atoms with Gasteiger partial charge in [0.25, 0.3) is 0 Å². The molecule has 202 valence electrons. The first kappa shape index (κ1) is 30.6. The number of carbonyl (C=O) groups excluding carboxylic acids is 2. The highest BCUT2D eigenvalue weighted by atomic mass is 79.9. The number of ether oxygens (including phenoxy) is 2. The third-order valence-electron chi connectivity index (χ3n) is 5.98. The number of halogens is 1. The van der Waals surface area contributed by atoms with Gasteiger partial charge in [-0.3, -0.25) is 4.79 Å². The largest absolute Gasteiger partial charge is 0.494 e. The third kappa shape index (κ3) is 12.9. The van der Waals surface area contributed by atoms with Crippen LogP contribution in [0.15, 0.2) is 52.0 Å². The summed E-state index contributed by atoms with van der Waals surface area (Å²) in [6.07, 6.45) is 15.6. The molecule has 0 aliphatic rings. The summed E-state index contributed by atoms with van der Waals surface area (Å²) in [6.45, 7) is 4.71. The van der Waals surface area contributed by atoms with Crippen molar-refractivity contribution >= 4 is 34.0 Å². The summed E-state index contributed by atoms with van der Waals surface area (Å²) in [4.78, 5) is 24.7. The number of esters is 1. The molecule has 6 nitrogen and oxygen atoms in total. The molecule has 2 aromatic carbocycles. The van der Waals surface area contributed by atoms with Crippen molar-refractivity contribution in [2.24, 2.45) is 5.10 Å². The number of hydrogen-bond acceptors (Lipinski definition) is 5. The molecule has 2 rings (SSSR count). The number of benzene rings is 2. The molecule has 0 bridgehead atoms. The summed E-state index contributed by atoms with van der Waals surface area (Å²) in [7, 11) is 0. The van der Waals surface area contributed by atoms with Gasteiger partial charge < -0.3 is 9.47 Å². The summed E-state index contributed by atoms with van der Waals surface area (Å²) in [5.74, 6) is 0.445. The zero-order valence-electron chi connectivity index (χ0n) is 22.3. The van der Waals surface area contributed by atoms with Gasteiger partial charge in [0.05, 0.1) is 18.4 Å². The number of amides is 1. The van der Waals surface area contributed by atoms with E-state index >= 15 is 0 Å². The first-order chi connectivity index (χ1) is 18.0. The van der Waals surface area contributed by atoms with Crippen LogP contribution in [0.25, 0.3) is 0 Å². The molecule has 2 aromatic rings. The van der Waals surface area contributed by atoms with Gasteiger partial charge in [-0.25, -0.2) is 10.2 Å². The number of hydrogen-bond donors (Lipinski definition) is 1. The lowest BCUT2D eigenvalue weighted by molar-refractivity contribution is -0.121. The normalized spacial score (nSPS) is 11.0. The summed E-state index contributed by atoms with van der Waals surface area (Å²) < 4.78 is 11.8. The Balaban J connectivity index is 1.72. The zero-order valence-corrected chi connectivity index (χ0v) is 23.9. The standard InChI is InChI=1S/C30H41BrN2O4/c1-3-5-6-7-8-9-10-11-12-13-14-15-29(34)33-32-23-25-22-26(31)18-21-28(25)37-30(35)24-16-19-27(20-17-24)36-4-2/h16-23H,3-15H2,1-2H3,(H,33,34)/b32-23-. The average molecular weight is 574 g/mol. The summed E-state index contributed by atoms with van der Waals surface area (Å²) in [5.41, 5.74) is 3.56. The number of nitrogens with one attached hydrogen (secondary N) is 1. The van der Waals surface area contributed by atoms with Crippen molar-refractivity contribution in [3.05, 3.63) is 58.1 Å². The van der Waals surface area contributed by atoms with Crippen LogP contribution < -0.4 is 14.9 Å². The number of unbranched alkanes of at least 4 members (excludes halogenated alkanes) is 10. The maximum Gasteiger partial charge on any atom is 0.343 e. The molecule has 0 spiro atoms. The van der Waals surface area contributed by atoms with Gasteiger partial charge in [0.2, 0.25) is 5.91 Å². The van der Waals surface area contributed by atoms with Crippen LogP contribution in [0.1, 0.15) is 107 Å². The van der Waals surface area contributed by atoms with Gasteiger partial charge in [-0.2, -0.15) is 5.10 Å². The van der Waals surface area contributed by atoms with Gasteiger partial charge in [0, 0.05) is 16.5 Å². The van der Waals surface area contributed by atoms with Crippen LogP contribution in [0.4, 0.5) is 0 Å².